The molecule has 1 aliphatic rings. The van der Waals surface area contributed by atoms with E-state index in [0.717, 1.165) is 30.0 Å². The van der Waals surface area contributed by atoms with E-state index in [0.29, 0.717) is 29.5 Å². The minimum Gasteiger partial charge on any atom is -0.395 e. The highest BCUT2D eigenvalue weighted by molar-refractivity contribution is 7.91. The summed E-state index contributed by atoms with van der Waals surface area (Å²) in [5.41, 5.74) is 0. The normalized spacial score (nSPS) is 16.8. The van der Waals surface area contributed by atoms with Crippen molar-refractivity contribution in [2.45, 2.75) is 37.1 Å². The van der Waals surface area contributed by atoms with Gasteiger partial charge in [-0.15, -0.1) is 15.9 Å². The molecule has 2 aromatic carbocycles. The number of carbonyl (C=O) groups is 1. The van der Waals surface area contributed by atoms with E-state index in [-0.39, 0.29) is 34.2 Å². The van der Waals surface area contributed by atoms with E-state index in [1.165, 1.54) is 11.3 Å². The molecule has 1 amide bonds. The molecule has 1 aliphatic heterocycles. The highest BCUT2D eigenvalue weighted by Gasteiger charge is 2.39. The molecule has 7 nitrogen and oxygen atoms in total. The standard InChI is InChI=1S/C23H27ClN3O4S2/c24-20-6-4-19-17-21(7-5-18(19)16-20)33(30,31)15-8-22(29)27(11-2-1-3-12-27)25-23-26(9-13-28)10-14-32-23/h4-7,10,14,16-17,28H,1-3,8-9,11-13,15H2/q+1/b25-23-. The number of thiazole rings is 1. The van der Waals surface area contributed by atoms with Crippen LogP contribution in [-0.2, 0) is 21.2 Å². The average Bonchev–Trinajstić information content (AvgIpc) is 3.24. The summed E-state index contributed by atoms with van der Waals surface area (Å²) in [6.45, 7) is 1.51. The van der Waals surface area contributed by atoms with E-state index in [1.54, 1.807) is 36.4 Å². The largest absolute Gasteiger partial charge is 0.395 e. The molecule has 1 N–H and O–H groups in total. The second kappa shape index (κ2) is 10.1. The number of aliphatic hydroxyl groups is 1. The molecule has 4 rings (SSSR count). The summed E-state index contributed by atoms with van der Waals surface area (Å²) in [5.74, 6) is -0.448. The molecule has 10 heteroatoms. The van der Waals surface area contributed by atoms with Crippen LogP contribution < -0.4 is 4.80 Å². The monoisotopic (exact) mass is 508 g/mol. The van der Waals surface area contributed by atoms with Crippen LogP contribution in [0, 0.1) is 0 Å². The predicted octanol–water partition coefficient (Wildman–Crippen LogP) is 3.56. The number of hydrogen-bond donors (Lipinski definition) is 1. The smallest absolute Gasteiger partial charge is 0.340 e. The lowest BCUT2D eigenvalue weighted by Crippen LogP contribution is -2.53. The fourth-order valence-corrected chi connectivity index (χ4v) is 6.46. The van der Waals surface area contributed by atoms with E-state index >= 15 is 0 Å². The first-order valence-corrected chi connectivity index (χ1v) is 13.9. The van der Waals surface area contributed by atoms with Crippen molar-refractivity contribution in [3.63, 3.8) is 0 Å². The van der Waals surface area contributed by atoms with Gasteiger partial charge in [-0.3, -0.25) is 0 Å². The lowest BCUT2D eigenvalue weighted by molar-refractivity contribution is -0.869. The molecule has 0 unspecified atom stereocenters. The number of aliphatic hydroxyl groups excluding tert-OH is 1. The molecule has 176 valence electrons. The summed E-state index contributed by atoms with van der Waals surface area (Å²) >= 11 is 7.43. The fourth-order valence-electron chi connectivity index (χ4n) is 4.20. The van der Waals surface area contributed by atoms with Crippen molar-refractivity contribution in [3.8, 4) is 0 Å². The van der Waals surface area contributed by atoms with E-state index in [9.17, 15) is 18.3 Å². The zero-order valence-electron chi connectivity index (χ0n) is 18.2. The Balaban J connectivity index is 1.57. The van der Waals surface area contributed by atoms with Gasteiger partial charge in [-0.2, -0.15) is 0 Å². The minimum absolute atomic E-state index is 0.0198. The number of rotatable bonds is 7. The van der Waals surface area contributed by atoms with Crippen LogP contribution in [0.2, 0.25) is 5.02 Å². The number of piperidine rings is 1. The van der Waals surface area contributed by atoms with Crippen LogP contribution in [0.15, 0.2) is 58.0 Å². The Labute approximate surface area is 202 Å². The average molecular weight is 509 g/mol. The van der Waals surface area contributed by atoms with Crippen molar-refractivity contribution in [3.05, 3.63) is 57.8 Å². The number of sulfone groups is 1. The van der Waals surface area contributed by atoms with Gasteiger partial charge in [0.05, 0.1) is 23.7 Å². The number of carbonyl (C=O) groups excluding carboxylic acids is 1. The first kappa shape index (κ1) is 24.1. The molecule has 0 bridgehead atoms. The summed E-state index contributed by atoms with van der Waals surface area (Å²) in [6.07, 6.45) is 4.49. The van der Waals surface area contributed by atoms with E-state index < -0.39 is 9.84 Å². The number of halogens is 1. The number of likely N-dealkylation sites (tertiary alicyclic amines) is 1. The van der Waals surface area contributed by atoms with Crippen molar-refractivity contribution in [1.82, 2.24) is 4.57 Å². The first-order valence-electron chi connectivity index (χ1n) is 11.0. The molecule has 0 aliphatic carbocycles. The van der Waals surface area contributed by atoms with Gasteiger partial charge in [0.15, 0.2) is 9.84 Å². The van der Waals surface area contributed by atoms with Gasteiger partial charge in [0.25, 0.3) is 0 Å². The maximum absolute atomic E-state index is 13.4. The van der Waals surface area contributed by atoms with Gasteiger partial charge in [-0.25, -0.2) is 13.2 Å². The summed E-state index contributed by atoms with van der Waals surface area (Å²) < 4.78 is 27.8. The predicted molar refractivity (Wildman–Crippen MR) is 129 cm³/mol. The molecule has 2 heterocycles. The number of fused-ring (bicyclic) bond motifs is 1. The third-order valence-corrected chi connectivity index (χ3v) is 8.75. The van der Waals surface area contributed by atoms with Gasteiger partial charge < -0.3 is 9.67 Å². The molecule has 1 saturated heterocycles. The van der Waals surface area contributed by atoms with Crippen molar-refractivity contribution < 1.29 is 22.9 Å². The second-order valence-corrected chi connectivity index (χ2v) is 11.7. The molecule has 1 aromatic heterocycles. The summed E-state index contributed by atoms with van der Waals surface area (Å²) in [6, 6.07) is 10.2. The molecular weight excluding hydrogens is 482 g/mol. The van der Waals surface area contributed by atoms with Crippen LogP contribution in [0.1, 0.15) is 25.7 Å². The first-order chi connectivity index (χ1) is 15.8. The molecule has 0 atom stereocenters. The topological polar surface area (TPSA) is 88.7 Å². The Morgan fingerprint density at radius 1 is 1.12 bits per heavy atom. The number of amides is 1. The van der Waals surface area contributed by atoms with Gasteiger partial charge in [0.1, 0.15) is 13.1 Å². The number of nitrogens with zero attached hydrogens (tertiary/aromatic N) is 3. The zero-order valence-corrected chi connectivity index (χ0v) is 20.6. The van der Waals surface area contributed by atoms with Crippen LogP contribution in [0.3, 0.4) is 0 Å². The number of hydrogen-bond acceptors (Lipinski definition) is 6. The summed E-state index contributed by atoms with van der Waals surface area (Å²) in [5, 5.41) is 18.2. The molecule has 3 aromatic rings. The van der Waals surface area contributed by atoms with Gasteiger partial charge in [-0.1, -0.05) is 23.7 Å². The van der Waals surface area contributed by atoms with Crippen LogP contribution >= 0.6 is 22.9 Å². The second-order valence-electron chi connectivity index (χ2n) is 8.25. The van der Waals surface area contributed by atoms with Gasteiger partial charge >= 0.3 is 5.91 Å². The maximum Gasteiger partial charge on any atom is 0.340 e. The Bertz CT molecular complexity index is 1320. The molecular formula is C23H27ClN3O4S2+. The lowest BCUT2D eigenvalue weighted by atomic mass is 10.1. The van der Waals surface area contributed by atoms with E-state index in [4.69, 9.17) is 16.7 Å². The highest BCUT2D eigenvalue weighted by atomic mass is 35.5. The van der Waals surface area contributed by atoms with Crippen molar-refractivity contribution in [2.75, 3.05) is 25.4 Å². The minimum atomic E-state index is -3.64. The van der Waals surface area contributed by atoms with Crippen LogP contribution in [0.5, 0.6) is 0 Å². The van der Waals surface area contributed by atoms with Crippen LogP contribution in [0.25, 0.3) is 10.8 Å². The number of quaternary nitrogens is 1. The molecule has 1 fully saturated rings. The highest BCUT2D eigenvalue weighted by Crippen LogP contribution is 2.25. The fraction of sp³-hybridized carbons (Fsp3) is 0.391. The SMILES string of the molecule is O=C(CCS(=O)(=O)c1ccc2cc(Cl)ccc2c1)[N+]1(/N=c2\sccn2CCO)CCCCC1. The third-order valence-electron chi connectivity index (χ3n) is 6.02. The van der Waals surface area contributed by atoms with Gasteiger partial charge in [0.2, 0.25) is 4.80 Å². The molecule has 0 radical (unpaired) electrons. The van der Waals surface area contributed by atoms with Crippen molar-refractivity contribution >= 4 is 49.5 Å². The van der Waals surface area contributed by atoms with Crippen molar-refractivity contribution in [1.29, 1.82) is 0 Å². The summed E-state index contributed by atoms with van der Waals surface area (Å²) in [7, 11) is -3.64. The Kier molecular flexibility index (Phi) is 7.35. The van der Waals surface area contributed by atoms with Gasteiger partial charge in [-0.05, 0) is 59.4 Å². The number of benzene rings is 2. The Morgan fingerprint density at radius 3 is 2.61 bits per heavy atom. The van der Waals surface area contributed by atoms with Crippen LogP contribution in [-0.4, -0.2) is 54.0 Å². The maximum atomic E-state index is 13.4. The quantitative estimate of drug-likeness (QED) is 0.494. The lowest BCUT2D eigenvalue weighted by Gasteiger charge is -2.32. The Morgan fingerprint density at radius 2 is 1.85 bits per heavy atom. The van der Waals surface area contributed by atoms with Crippen molar-refractivity contribution in [2.24, 2.45) is 5.10 Å². The molecule has 33 heavy (non-hydrogen) atoms. The van der Waals surface area contributed by atoms with Crippen LogP contribution in [0.4, 0.5) is 0 Å². The third kappa shape index (κ3) is 5.38. The van der Waals surface area contributed by atoms with E-state index in [1.807, 2.05) is 16.1 Å². The Hall–Kier alpha value is -2.04. The summed E-state index contributed by atoms with van der Waals surface area (Å²) in [4.78, 5) is 14.3. The van der Waals surface area contributed by atoms with E-state index in [2.05, 4.69) is 0 Å². The van der Waals surface area contributed by atoms with Gasteiger partial charge in [0, 0.05) is 23.1 Å². The molecule has 0 saturated carbocycles. The molecule has 0 spiro atoms. The zero-order chi connectivity index (χ0) is 23.5. The number of aromatic nitrogens is 1.